The molecule has 1 aromatic rings. The SMILES string of the molecule is COC(=O)CCc1cc(C(C)(C)C)c2c(c1)C(C)(C)O2. The van der Waals surface area contributed by atoms with Gasteiger partial charge in [0.05, 0.1) is 7.11 Å². The number of carbonyl (C=O) groups is 1. The van der Waals surface area contributed by atoms with Crippen molar-refractivity contribution in [1.29, 1.82) is 0 Å². The monoisotopic (exact) mass is 276 g/mol. The Hall–Kier alpha value is -1.51. The first-order valence-electron chi connectivity index (χ1n) is 7.09. The molecular formula is C17H24O3. The van der Waals surface area contributed by atoms with Crippen LogP contribution in [0.25, 0.3) is 0 Å². The van der Waals surface area contributed by atoms with Crippen molar-refractivity contribution in [2.45, 2.75) is 58.5 Å². The van der Waals surface area contributed by atoms with E-state index < -0.39 is 0 Å². The van der Waals surface area contributed by atoms with Crippen LogP contribution in [0.3, 0.4) is 0 Å². The molecule has 1 aromatic carbocycles. The van der Waals surface area contributed by atoms with Crippen LogP contribution in [0.2, 0.25) is 0 Å². The fourth-order valence-corrected chi connectivity index (χ4v) is 2.56. The molecule has 1 aliphatic heterocycles. The fourth-order valence-electron chi connectivity index (χ4n) is 2.56. The predicted molar refractivity (Wildman–Crippen MR) is 79.1 cm³/mol. The summed E-state index contributed by atoms with van der Waals surface area (Å²) >= 11 is 0. The summed E-state index contributed by atoms with van der Waals surface area (Å²) in [4.78, 5) is 11.3. The van der Waals surface area contributed by atoms with Crippen LogP contribution < -0.4 is 4.74 Å². The zero-order valence-corrected chi connectivity index (χ0v) is 13.3. The van der Waals surface area contributed by atoms with Gasteiger partial charge in [-0.05, 0) is 37.3 Å². The van der Waals surface area contributed by atoms with Gasteiger partial charge in [-0.2, -0.15) is 0 Å². The Morgan fingerprint density at radius 2 is 1.95 bits per heavy atom. The Labute approximate surface area is 121 Å². The third-order valence-corrected chi connectivity index (χ3v) is 3.81. The summed E-state index contributed by atoms with van der Waals surface area (Å²) in [6, 6.07) is 4.33. The average Bonchev–Trinajstić information content (AvgIpc) is 2.34. The summed E-state index contributed by atoms with van der Waals surface area (Å²) in [5.41, 5.74) is 3.44. The number of carbonyl (C=O) groups excluding carboxylic acids is 1. The first-order chi connectivity index (χ1) is 9.15. The molecule has 3 heteroatoms. The van der Waals surface area contributed by atoms with E-state index in [0.717, 1.165) is 5.75 Å². The number of rotatable bonds is 3. The van der Waals surface area contributed by atoms with Crippen LogP contribution in [0, 0.1) is 0 Å². The number of benzene rings is 1. The predicted octanol–water partition coefficient (Wildman–Crippen LogP) is 3.72. The second-order valence-electron chi connectivity index (χ2n) is 6.96. The molecule has 0 spiro atoms. The Morgan fingerprint density at radius 1 is 1.30 bits per heavy atom. The molecule has 0 aromatic heterocycles. The average molecular weight is 276 g/mol. The highest BCUT2D eigenvalue weighted by Crippen LogP contribution is 2.49. The number of fused-ring (bicyclic) bond motifs is 1. The van der Waals surface area contributed by atoms with Gasteiger partial charge in [0.2, 0.25) is 0 Å². The molecule has 0 amide bonds. The van der Waals surface area contributed by atoms with E-state index in [1.165, 1.54) is 23.8 Å². The molecule has 1 aliphatic rings. The van der Waals surface area contributed by atoms with E-state index in [9.17, 15) is 4.79 Å². The van der Waals surface area contributed by atoms with Crippen molar-refractivity contribution in [1.82, 2.24) is 0 Å². The number of methoxy groups -OCH3 is 1. The molecule has 0 saturated heterocycles. The minimum absolute atomic E-state index is 0.0296. The van der Waals surface area contributed by atoms with Crippen molar-refractivity contribution in [2.24, 2.45) is 0 Å². The number of aryl methyl sites for hydroxylation is 1. The van der Waals surface area contributed by atoms with Crippen LogP contribution in [0.5, 0.6) is 5.75 Å². The van der Waals surface area contributed by atoms with Crippen molar-refractivity contribution in [3.05, 3.63) is 28.8 Å². The molecule has 0 bridgehead atoms. The standard InChI is InChI=1S/C17H24O3/c1-16(2,3)12-9-11(7-8-14(18)19-6)10-13-15(12)20-17(13,4)5/h9-10H,7-8H2,1-6H3. The molecule has 3 nitrogen and oxygen atoms in total. The molecule has 110 valence electrons. The van der Waals surface area contributed by atoms with Crippen LogP contribution >= 0.6 is 0 Å². The first kappa shape index (κ1) is 14.9. The summed E-state index contributed by atoms with van der Waals surface area (Å²) in [7, 11) is 1.43. The minimum Gasteiger partial charge on any atom is -0.482 e. The molecule has 20 heavy (non-hydrogen) atoms. The van der Waals surface area contributed by atoms with E-state index in [0.29, 0.717) is 12.8 Å². The van der Waals surface area contributed by atoms with E-state index in [-0.39, 0.29) is 17.0 Å². The molecule has 0 aliphatic carbocycles. The number of hydrogen-bond acceptors (Lipinski definition) is 3. The molecule has 0 radical (unpaired) electrons. The topological polar surface area (TPSA) is 35.5 Å². The Morgan fingerprint density at radius 3 is 2.45 bits per heavy atom. The Kier molecular flexibility index (Phi) is 3.57. The van der Waals surface area contributed by atoms with Crippen LogP contribution in [-0.2, 0) is 27.0 Å². The van der Waals surface area contributed by atoms with Gasteiger partial charge in [0.1, 0.15) is 11.4 Å². The normalized spacial score (nSPS) is 15.9. The van der Waals surface area contributed by atoms with Gasteiger partial charge in [0.15, 0.2) is 0 Å². The molecule has 1 heterocycles. The van der Waals surface area contributed by atoms with Crippen LogP contribution in [0.4, 0.5) is 0 Å². The van der Waals surface area contributed by atoms with Gasteiger partial charge in [-0.15, -0.1) is 0 Å². The highest BCUT2D eigenvalue weighted by molar-refractivity contribution is 5.69. The van der Waals surface area contributed by atoms with Gasteiger partial charge in [-0.3, -0.25) is 4.79 Å². The van der Waals surface area contributed by atoms with Gasteiger partial charge in [0.25, 0.3) is 0 Å². The van der Waals surface area contributed by atoms with E-state index in [1.54, 1.807) is 0 Å². The number of ether oxygens (including phenoxy) is 2. The van der Waals surface area contributed by atoms with Gasteiger partial charge < -0.3 is 9.47 Å². The van der Waals surface area contributed by atoms with E-state index in [4.69, 9.17) is 9.47 Å². The van der Waals surface area contributed by atoms with E-state index in [1.807, 2.05) is 0 Å². The van der Waals surface area contributed by atoms with E-state index >= 15 is 0 Å². The van der Waals surface area contributed by atoms with Gasteiger partial charge in [0, 0.05) is 17.5 Å². The second-order valence-corrected chi connectivity index (χ2v) is 6.96. The van der Waals surface area contributed by atoms with Gasteiger partial charge in [-0.25, -0.2) is 0 Å². The Bertz CT molecular complexity index is 536. The maximum Gasteiger partial charge on any atom is 0.305 e. The quantitative estimate of drug-likeness (QED) is 0.789. The summed E-state index contributed by atoms with van der Waals surface area (Å²) in [5.74, 6) is 0.852. The van der Waals surface area contributed by atoms with Crippen LogP contribution in [0.1, 0.15) is 57.7 Å². The van der Waals surface area contributed by atoms with E-state index in [2.05, 4.69) is 46.8 Å². The number of hydrogen-bond donors (Lipinski definition) is 0. The summed E-state index contributed by atoms with van der Waals surface area (Å²) < 4.78 is 10.7. The molecule has 2 rings (SSSR count). The zero-order valence-electron chi connectivity index (χ0n) is 13.3. The van der Waals surface area contributed by atoms with Crippen molar-refractivity contribution >= 4 is 5.97 Å². The summed E-state index contributed by atoms with van der Waals surface area (Å²) in [6.45, 7) is 10.7. The maximum absolute atomic E-state index is 11.3. The van der Waals surface area contributed by atoms with Gasteiger partial charge >= 0.3 is 5.97 Å². The number of esters is 1. The minimum atomic E-state index is -0.226. The maximum atomic E-state index is 11.3. The van der Waals surface area contributed by atoms with Crippen molar-refractivity contribution < 1.29 is 14.3 Å². The lowest BCUT2D eigenvalue weighted by Gasteiger charge is -2.42. The summed E-state index contributed by atoms with van der Waals surface area (Å²) in [6.07, 6.45) is 1.12. The third kappa shape index (κ3) is 2.67. The highest BCUT2D eigenvalue weighted by atomic mass is 16.5. The first-order valence-corrected chi connectivity index (χ1v) is 7.09. The second kappa shape index (κ2) is 4.80. The van der Waals surface area contributed by atoms with Crippen LogP contribution in [0.15, 0.2) is 12.1 Å². The largest absolute Gasteiger partial charge is 0.482 e. The lowest BCUT2D eigenvalue weighted by molar-refractivity contribution is -0.140. The molecule has 0 N–H and O–H groups in total. The third-order valence-electron chi connectivity index (χ3n) is 3.81. The summed E-state index contributed by atoms with van der Waals surface area (Å²) in [5, 5.41) is 0. The van der Waals surface area contributed by atoms with Crippen molar-refractivity contribution in [3.8, 4) is 5.75 Å². The lowest BCUT2D eigenvalue weighted by Crippen LogP contribution is -2.37. The molecule has 0 atom stereocenters. The smallest absolute Gasteiger partial charge is 0.305 e. The highest BCUT2D eigenvalue weighted by Gasteiger charge is 2.40. The van der Waals surface area contributed by atoms with Gasteiger partial charge in [-0.1, -0.05) is 26.8 Å². The van der Waals surface area contributed by atoms with Crippen molar-refractivity contribution in [3.63, 3.8) is 0 Å². The van der Waals surface area contributed by atoms with Crippen molar-refractivity contribution in [2.75, 3.05) is 7.11 Å². The molecule has 0 unspecified atom stereocenters. The lowest BCUT2D eigenvalue weighted by atomic mass is 9.78. The Balaban J connectivity index is 2.35. The molecule has 0 fully saturated rings. The zero-order chi connectivity index (χ0) is 15.1. The molecule has 0 saturated carbocycles. The fraction of sp³-hybridized carbons (Fsp3) is 0.588. The van der Waals surface area contributed by atoms with Crippen LogP contribution in [-0.4, -0.2) is 13.1 Å². The molecular weight excluding hydrogens is 252 g/mol.